The smallest absolute Gasteiger partial charge is 0.195 e. The number of benzene rings is 1. The summed E-state index contributed by atoms with van der Waals surface area (Å²) in [5, 5.41) is 3.50. The first-order valence-electron chi connectivity index (χ1n) is 7.61. The lowest BCUT2D eigenvalue weighted by Gasteiger charge is -2.11. The second kappa shape index (κ2) is 4.74. The fraction of sp³-hybridized carbons (Fsp3) is 0.471. The van der Waals surface area contributed by atoms with Crippen LogP contribution in [-0.4, -0.2) is 17.6 Å². The van der Waals surface area contributed by atoms with Gasteiger partial charge in [0.05, 0.1) is 11.6 Å². The Morgan fingerprint density at radius 3 is 2.70 bits per heavy atom. The maximum atomic E-state index is 6.02. The molecule has 1 N–H and O–H groups in total. The van der Waals surface area contributed by atoms with E-state index in [1.807, 2.05) is 6.20 Å². The van der Waals surface area contributed by atoms with Crippen LogP contribution in [0, 0.1) is 0 Å². The third-order valence-corrected chi connectivity index (χ3v) is 4.45. The summed E-state index contributed by atoms with van der Waals surface area (Å²) in [5.41, 5.74) is 1.47. The molecule has 0 aliphatic heterocycles. The van der Waals surface area contributed by atoms with Crippen LogP contribution in [0.2, 0.25) is 0 Å². The lowest BCUT2D eigenvalue weighted by molar-refractivity contribution is 0.428. The molecule has 0 radical (unpaired) electrons. The number of oxazole rings is 1. The molecule has 1 aromatic heterocycles. The Kier molecular flexibility index (Phi) is 2.88. The van der Waals surface area contributed by atoms with Crippen molar-refractivity contribution < 1.29 is 4.42 Å². The average Bonchev–Trinajstić information content (AvgIpc) is 3.41. The van der Waals surface area contributed by atoms with Crippen molar-refractivity contribution >= 4 is 0 Å². The van der Waals surface area contributed by atoms with Gasteiger partial charge in [-0.05, 0) is 31.2 Å². The second-order valence-electron chi connectivity index (χ2n) is 6.04. The molecular formula is C17H20N2O. The minimum Gasteiger partial charge on any atom is -0.445 e. The zero-order valence-electron chi connectivity index (χ0n) is 11.6. The van der Waals surface area contributed by atoms with Crippen LogP contribution in [0.3, 0.4) is 0 Å². The molecule has 0 unspecified atom stereocenters. The number of rotatable bonds is 6. The molecule has 2 aromatic rings. The highest BCUT2D eigenvalue weighted by molar-refractivity contribution is 5.39. The molecule has 0 saturated heterocycles. The van der Waals surface area contributed by atoms with Gasteiger partial charge >= 0.3 is 0 Å². The van der Waals surface area contributed by atoms with Gasteiger partial charge < -0.3 is 9.73 Å². The van der Waals surface area contributed by atoms with E-state index in [2.05, 4.69) is 40.6 Å². The molecule has 1 aromatic carbocycles. The van der Waals surface area contributed by atoms with E-state index in [0.29, 0.717) is 0 Å². The molecule has 2 fully saturated rings. The van der Waals surface area contributed by atoms with Crippen molar-refractivity contribution in [1.82, 2.24) is 10.3 Å². The van der Waals surface area contributed by atoms with E-state index in [9.17, 15) is 0 Å². The Morgan fingerprint density at radius 2 is 2.00 bits per heavy atom. The van der Waals surface area contributed by atoms with Gasteiger partial charge in [0.1, 0.15) is 5.76 Å². The minimum absolute atomic E-state index is 0.108. The second-order valence-corrected chi connectivity index (χ2v) is 6.04. The molecule has 20 heavy (non-hydrogen) atoms. The highest BCUT2D eigenvalue weighted by Gasteiger charge is 2.48. The standard InChI is InChI=1S/C17H20N2O/c1-2-4-13(5-3-1)17(9-10-17)15-12-19-16(20-15)8-11-18-14-6-7-14/h1-5,12,14,18H,6-11H2. The van der Waals surface area contributed by atoms with Crippen molar-refractivity contribution in [3.63, 3.8) is 0 Å². The van der Waals surface area contributed by atoms with E-state index in [0.717, 1.165) is 30.7 Å². The van der Waals surface area contributed by atoms with E-state index >= 15 is 0 Å². The molecule has 104 valence electrons. The summed E-state index contributed by atoms with van der Waals surface area (Å²) in [6.07, 6.45) is 7.83. The highest BCUT2D eigenvalue weighted by atomic mass is 16.4. The van der Waals surface area contributed by atoms with Crippen LogP contribution in [0.25, 0.3) is 0 Å². The van der Waals surface area contributed by atoms with Gasteiger partial charge in [-0.15, -0.1) is 0 Å². The van der Waals surface area contributed by atoms with Crippen LogP contribution in [-0.2, 0) is 11.8 Å². The molecule has 0 atom stereocenters. The molecule has 3 nitrogen and oxygen atoms in total. The fourth-order valence-corrected chi connectivity index (χ4v) is 2.88. The van der Waals surface area contributed by atoms with Crippen molar-refractivity contribution in [2.75, 3.05) is 6.54 Å². The molecular weight excluding hydrogens is 248 g/mol. The van der Waals surface area contributed by atoms with Gasteiger partial charge in [0, 0.05) is 19.0 Å². The summed E-state index contributed by atoms with van der Waals surface area (Å²) >= 11 is 0. The fourth-order valence-electron chi connectivity index (χ4n) is 2.88. The highest BCUT2D eigenvalue weighted by Crippen LogP contribution is 2.53. The molecule has 0 bridgehead atoms. The van der Waals surface area contributed by atoms with Gasteiger partial charge in [-0.3, -0.25) is 0 Å². The van der Waals surface area contributed by atoms with Crippen molar-refractivity contribution in [2.24, 2.45) is 0 Å². The number of hydrogen-bond acceptors (Lipinski definition) is 3. The Labute approximate surface area is 119 Å². The third kappa shape index (κ3) is 2.27. The van der Waals surface area contributed by atoms with Crippen LogP contribution in [0.1, 0.15) is 42.9 Å². The average molecular weight is 268 g/mol. The first kappa shape index (κ1) is 12.2. The maximum Gasteiger partial charge on any atom is 0.195 e. The summed E-state index contributed by atoms with van der Waals surface area (Å²) < 4.78 is 6.02. The summed E-state index contributed by atoms with van der Waals surface area (Å²) in [5.74, 6) is 1.92. The van der Waals surface area contributed by atoms with Crippen molar-refractivity contribution in [3.8, 4) is 0 Å². The van der Waals surface area contributed by atoms with E-state index in [1.165, 1.54) is 31.2 Å². The van der Waals surface area contributed by atoms with Gasteiger partial charge in [-0.25, -0.2) is 4.98 Å². The van der Waals surface area contributed by atoms with Gasteiger partial charge in [0.2, 0.25) is 0 Å². The van der Waals surface area contributed by atoms with Gasteiger partial charge in [-0.1, -0.05) is 30.3 Å². The monoisotopic (exact) mass is 268 g/mol. The number of aromatic nitrogens is 1. The largest absolute Gasteiger partial charge is 0.445 e. The Bertz CT molecular complexity index is 582. The summed E-state index contributed by atoms with van der Waals surface area (Å²) in [6, 6.07) is 11.4. The van der Waals surface area contributed by atoms with Crippen molar-refractivity contribution in [3.05, 3.63) is 53.7 Å². The lowest BCUT2D eigenvalue weighted by Crippen LogP contribution is -2.19. The molecule has 2 aliphatic carbocycles. The van der Waals surface area contributed by atoms with E-state index in [-0.39, 0.29) is 5.41 Å². The van der Waals surface area contributed by atoms with Gasteiger partial charge in [0.15, 0.2) is 5.89 Å². The molecule has 4 rings (SSSR count). The maximum absolute atomic E-state index is 6.02. The van der Waals surface area contributed by atoms with Crippen LogP contribution >= 0.6 is 0 Å². The molecule has 3 heteroatoms. The Morgan fingerprint density at radius 1 is 1.20 bits per heavy atom. The summed E-state index contributed by atoms with van der Waals surface area (Å²) in [4.78, 5) is 4.46. The summed E-state index contributed by atoms with van der Waals surface area (Å²) in [6.45, 7) is 0.975. The molecule has 0 amide bonds. The van der Waals surface area contributed by atoms with E-state index < -0.39 is 0 Å². The molecule has 2 aliphatic rings. The Balaban J connectivity index is 1.47. The molecule has 1 heterocycles. The van der Waals surface area contributed by atoms with Crippen LogP contribution in [0.5, 0.6) is 0 Å². The number of hydrogen-bond donors (Lipinski definition) is 1. The first-order valence-corrected chi connectivity index (χ1v) is 7.61. The normalized spacial score (nSPS) is 20.0. The lowest BCUT2D eigenvalue weighted by atomic mass is 9.94. The third-order valence-electron chi connectivity index (χ3n) is 4.45. The van der Waals surface area contributed by atoms with Crippen molar-refractivity contribution in [1.29, 1.82) is 0 Å². The minimum atomic E-state index is 0.108. The predicted molar refractivity (Wildman–Crippen MR) is 77.7 cm³/mol. The van der Waals surface area contributed by atoms with E-state index in [1.54, 1.807) is 0 Å². The number of nitrogens with one attached hydrogen (secondary N) is 1. The quantitative estimate of drug-likeness (QED) is 0.875. The SMILES string of the molecule is c1ccc(C2(c3cnc(CCNC4CC4)o3)CC2)cc1. The van der Waals surface area contributed by atoms with Crippen molar-refractivity contribution in [2.45, 2.75) is 43.6 Å². The van der Waals surface area contributed by atoms with Crippen LogP contribution < -0.4 is 5.32 Å². The molecule has 0 spiro atoms. The zero-order chi connectivity index (χ0) is 13.4. The van der Waals surface area contributed by atoms with E-state index in [4.69, 9.17) is 4.42 Å². The summed E-state index contributed by atoms with van der Waals surface area (Å²) in [7, 11) is 0. The molecule has 2 saturated carbocycles. The Hall–Kier alpha value is -1.61. The van der Waals surface area contributed by atoms with Crippen LogP contribution in [0.15, 0.2) is 40.9 Å². The van der Waals surface area contributed by atoms with Gasteiger partial charge in [0.25, 0.3) is 0 Å². The predicted octanol–water partition coefficient (Wildman–Crippen LogP) is 3.05. The topological polar surface area (TPSA) is 38.1 Å². The zero-order valence-corrected chi connectivity index (χ0v) is 11.6. The van der Waals surface area contributed by atoms with Crippen LogP contribution in [0.4, 0.5) is 0 Å². The first-order chi connectivity index (χ1) is 9.87. The van der Waals surface area contributed by atoms with Gasteiger partial charge in [-0.2, -0.15) is 0 Å². The number of nitrogens with zero attached hydrogens (tertiary/aromatic N) is 1.